The van der Waals surface area contributed by atoms with Crippen LogP contribution in [0.15, 0.2) is 12.2 Å². The number of hydrogen-bond acceptors (Lipinski definition) is 2. The number of carbonyl (C=O) groups is 1. The summed E-state index contributed by atoms with van der Waals surface area (Å²) in [6, 6.07) is 0. The van der Waals surface area contributed by atoms with Crippen LogP contribution in [0.5, 0.6) is 0 Å². The number of hydrogen-bond donors (Lipinski definition) is 1. The number of carbonyl (C=O) groups excluding carboxylic acids is 1. The Hall–Kier alpha value is -0.150. The van der Waals surface area contributed by atoms with Gasteiger partial charge in [-0.1, -0.05) is 29.8 Å². The van der Waals surface area contributed by atoms with Gasteiger partial charge in [-0.3, -0.25) is 4.79 Å². The van der Waals surface area contributed by atoms with Gasteiger partial charge in [0.05, 0.1) is 5.60 Å². The number of alkyl halides is 1. The van der Waals surface area contributed by atoms with Crippen LogP contribution < -0.4 is 0 Å². The Kier molecular flexibility index (Phi) is 3.52. The Morgan fingerprint density at radius 1 is 1.41 bits per heavy atom. The highest BCUT2D eigenvalue weighted by atomic mass is 79.9. The fraction of sp³-hybridized carbons (Fsp3) is 0.786. The number of ketones is 1. The fourth-order valence-electron chi connectivity index (χ4n) is 3.10. The first kappa shape index (κ1) is 13.3. The second kappa shape index (κ2) is 4.51. The van der Waals surface area contributed by atoms with Gasteiger partial charge in [-0.05, 0) is 49.2 Å². The quantitative estimate of drug-likeness (QED) is 0.755. The molecule has 2 rings (SSSR count). The monoisotopic (exact) mass is 300 g/mol. The second-order valence-electron chi connectivity index (χ2n) is 6.23. The molecule has 0 amide bonds. The Labute approximate surface area is 112 Å². The van der Waals surface area contributed by atoms with Crippen molar-refractivity contribution in [1.82, 2.24) is 0 Å². The summed E-state index contributed by atoms with van der Waals surface area (Å²) >= 11 is 3.73. The molecule has 2 aliphatic rings. The number of halogens is 1. The van der Waals surface area contributed by atoms with Gasteiger partial charge in [-0.15, -0.1) is 0 Å². The zero-order chi connectivity index (χ0) is 12.7. The summed E-state index contributed by atoms with van der Waals surface area (Å²) in [5.41, 5.74) is -0.535. The van der Waals surface area contributed by atoms with Crippen LogP contribution in [0.2, 0.25) is 0 Å². The highest BCUT2D eigenvalue weighted by Crippen LogP contribution is 2.48. The van der Waals surface area contributed by atoms with E-state index in [1.54, 1.807) is 12.2 Å². The SMILES string of the molecule is CC1(C)C[C@@H](C2(O)C=CC(=O)CC2)CC[C@@H]1Br. The molecular formula is C14H21BrO2. The molecule has 0 radical (unpaired) electrons. The first-order chi connectivity index (χ1) is 7.83. The third kappa shape index (κ3) is 2.65. The van der Waals surface area contributed by atoms with Crippen molar-refractivity contribution in [1.29, 1.82) is 0 Å². The van der Waals surface area contributed by atoms with E-state index in [0.29, 0.717) is 17.7 Å². The Balaban J connectivity index is 2.13. The Morgan fingerprint density at radius 2 is 2.12 bits per heavy atom. The van der Waals surface area contributed by atoms with Gasteiger partial charge in [0.2, 0.25) is 0 Å². The van der Waals surface area contributed by atoms with Crippen LogP contribution in [0.3, 0.4) is 0 Å². The van der Waals surface area contributed by atoms with Crippen LogP contribution >= 0.6 is 15.9 Å². The molecule has 3 heteroatoms. The molecule has 0 bridgehead atoms. The molecule has 96 valence electrons. The zero-order valence-corrected chi connectivity index (χ0v) is 12.2. The molecule has 2 nitrogen and oxygen atoms in total. The normalized spacial score (nSPS) is 41.5. The van der Waals surface area contributed by atoms with E-state index in [4.69, 9.17) is 0 Å². The lowest BCUT2D eigenvalue weighted by Gasteiger charge is -2.46. The summed E-state index contributed by atoms with van der Waals surface area (Å²) in [6.45, 7) is 4.50. The van der Waals surface area contributed by atoms with Crippen molar-refractivity contribution in [2.45, 2.75) is 56.4 Å². The van der Waals surface area contributed by atoms with Crippen LogP contribution in [-0.4, -0.2) is 21.3 Å². The van der Waals surface area contributed by atoms with Crippen molar-refractivity contribution in [2.75, 3.05) is 0 Å². The van der Waals surface area contributed by atoms with E-state index in [9.17, 15) is 9.90 Å². The van der Waals surface area contributed by atoms with Crippen molar-refractivity contribution >= 4 is 21.7 Å². The van der Waals surface area contributed by atoms with Gasteiger partial charge in [0.1, 0.15) is 0 Å². The largest absolute Gasteiger partial charge is 0.385 e. The van der Waals surface area contributed by atoms with E-state index in [2.05, 4.69) is 29.8 Å². The summed E-state index contributed by atoms with van der Waals surface area (Å²) in [5.74, 6) is 0.429. The van der Waals surface area contributed by atoms with Crippen LogP contribution in [0.4, 0.5) is 0 Å². The van der Waals surface area contributed by atoms with Crippen molar-refractivity contribution in [3.8, 4) is 0 Å². The average Bonchev–Trinajstić information content (AvgIpc) is 2.26. The van der Waals surface area contributed by atoms with Crippen molar-refractivity contribution in [2.24, 2.45) is 11.3 Å². The summed E-state index contributed by atoms with van der Waals surface area (Å²) in [6.07, 6.45) is 7.54. The highest BCUT2D eigenvalue weighted by molar-refractivity contribution is 9.09. The van der Waals surface area contributed by atoms with Crippen molar-refractivity contribution in [3.63, 3.8) is 0 Å². The van der Waals surface area contributed by atoms with Crippen LogP contribution in [-0.2, 0) is 4.79 Å². The van der Waals surface area contributed by atoms with Crippen LogP contribution in [0.25, 0.3) is 0 Å². The van der Waals surface area contributed by atoms with Crippen LogP contribution in [0.1, 0.15) is 46.0 Å². The summed E-state index contributed by atoms with van der Waals surface area (Å²) in [5, 5.41) is 10.7. The number of rotatable bonds is 1. The minimum Gasteiger partial charge on any atom is -0.385 e. The van der Waals surface area contributed by atoms with Crippen molar-refractivity contribution in [3.05, 3.63) is 12.2 Å². The molecular weight excluding hydrogens is 280 g/mol. The van der Waals surface area contributed by atoms with E-state index >= 15 is 0 Å². The maximum Gasteiger partial charge on any atom is 0.155 e. The minimum absolute atomic E-state index is 0.142. The Morgan fingerprint density at radius 3 is 2.65 bits per heavy atom. The minimum atomic E-state index is -0.752. The topological polar surface area (TPSA) is 37.3 Å². The van der Waals surface area contributed by atoms with E-state index in [1.165, 1.54) is 0 Å². The van der Waals surface area contributed by atoms with E-state index < -0.39 is 5.60 Å². The first-order valence-electron chi connectivity index (χ1n) is 6.42. The maximum absolute atomic E-state index is 11.2. The second-order valence-corrected chi connectivity index (χ2v) is 7.33. The van der Waals surface area contributed by atoms with Gasteiger partial charge < -0.3 is 5.11 Å². The first-order valence-corrected chi connectivity index (χ1v) is 7.34. The van der Waals surface area contributed by atoms with E-state index in [1.807, 2.05) is 0 Å². The molecule has 0 aromatic rings. The fourth-order valence-corrected chi connectivity index (χ4v) is 3.55. The molecule has 1 fully saturated rings. The molecule has 0 heterocycles. The predicted molar refractivity (Wildman–Crippen MR) is 72.2 cm³/mol. The molecule has 1 saturated carbocycles. The molecule has 1 unspecified atom stereocenters. The molecule has 0 aliphatic heterocycles. The molecule has 0 aromatic carbocycles. The van der Waals surface area contributed by atoms with Gasteiger partial charge >= 0.3 is 0 Å². The predicted octanol–water partition coefficient (Wildman–Crippen LogP) is 3.23. The molecule has 17 heavy (non-hydrogen) atoms. The lowest BCUT2D eigenvalue weighted by Crippen LogP contribution is -2.45. The van der Waals surface area contributed by atoms with Gasteiger partial charge in [-0.25, -0.2) is 0 Å². The number of allylic oxidation sites excluding steroid dienone is 1. The molecule has 2 aliphatic carbocycles. The van der Waals surface area contributed by atoms with Crippen LogP contribution in [0, 0.1) is 11.3 Å². The van der Waals surface area contributed by atoms with E-state index in [-0.39, 0.29) is 17.1 Å². The van der Waals surface area contributed by atoms with Gasteiger partial charge in [0.25, 0.3) is 0 Å². The molecule has 0 saturated heterocycles. The zero-order valence-electron chi connectivity index (χ0n) is 10.6. The van der Waals surface area contributed by atoms with Gasteiger partial charge in [0, 0.05) is 11.2 Å². The molecule has 3 atom stereocenters. The third-order valence-electron chi connectivity index (χ3n) is 4.43. The van der Waals surface area contributed by atoms with Gasteiger partial charge in [-0.2, -0.15) is 0 Å². The summed E-state index contributed by atoms with van der Waals surface area (Å²) in [7, 11) is 0. The number of aliphatic hydroxyl groups is 1. The summed E-state index contributed by atoms with van der Waals surface area (Å²) < 4.78 is 0. The highest BCUT2D eigenvalue weighted by Gasteiger charge is 2.44. The maximum atomic E-state index is 11.2. The standard InChI is InChI=1S/C14H21BrO2/c1-13(2)9-10(3-4-12(13)15)14(17)7-5-11(16)6-8-14/h5,7,10,12,17H,3-4,6,8-9H2,1-2H3/t10-,12-,14?/m0/s1. The average molecular weight is 301 g/mol. The van der Waals surface area contributed by atoms with Crippen molar-refractivity contribution < 1.29 is 9.90 Å². The summed E-state index contributed by atoms with van der Waals surface area (Å²) in [4.78, 5) is 11.7. The smallest absolute Gasteiger partial charge is 0.155 e. The lowest BCUT2D eigenvalue weighted by molar-refractivity contribution is -0.117. The molecule has 0 spiro atoms. The molecule has 0 aromatic heterocycles. The third-order valence-corrected chi connectivity index (χ3v) is 6.12. The Bertz CT molecular complexity index is 348. The van der Waals surface area contributed by atoms with Gasteiger partial charge in [0.15, 0.2) is 5.78 Å². The van der Waals surface area contributed by atoms with E-state index in [0.717, 1.165) is 19.3 Å². The molecule has 1 N–H and O–H groups in total. The lowest BCUT2D eigenvalue weighted by atomic mass is 9.64.